The van der Waals surface area contributed by atoms with Gasteiger partial charge in [0.05, 0.1) is 18.5 Å². The van der Waals surface area contributed by atoms with Crippen LogP contribution in [0.2, 0.25) is 0 Å². The molecule has 2 aliphatic rings. The maximum absolute atomic E-state index is 14.0. The minimum absolute atomic E-state index is 0.0521. The summed E-state index contributed by atoms with van der Waals surface area (Å²) in [5.74, 6) is 0.950. The van der Waals surface area contributed by atoms with Crippen LogP contribution >= 0.6 is 0 Å². The SMILES string of the molecule is COc1ccc(N(C(=O)O)c2cccc(F)c2)c(CC2C3CCC2CN(Cc2ccccc2)C3)c1O. The van der Waals surface area contributed by atoms with Crippen molar-refractivity contribution in [1.82, 2.24) is 4.90 Å². The van der Waals surface area contributed by atoms with E-state index in [1.165, 1.54) is 30.9 Å². The Labute approximate surface area is 210 Å². The number of halogens is 1. The van der Waals surface area contributed by atoms with Crippen LogP contribution in [0.4, 0.5) is 20.6 Å². The Hall–Kier alpha value is -3.58. The standard InChI is InChI=1S/C29H31FN2O4/c1-36-27-13-12-26(32(29(34)35)23-9-5-8-22(30)14-23)25(28(27)33)15-24-20-10-11-21(24)18-31(17-20)16-19-6-3-2-4-7-19/h2-9,12-14,20-21,24,33H,10-11,15-18H2,1H3,(H,34,35). The van der Waals surface area contributed by atoms with E-state index < -0.39 is 11.9 Å². The van der Waals surface area contributed by atoms with Gasteiger partial charge in [-0.25, -0.2) is 14.1 Å². The lowest BCUT2D eigenvalue weighted by molar-refractivity contribution is 0.103. The normalized spacial score (nSPS) is 21.3. The molecule has 1 amide bonds. The zero-order chi connectivity index (χ0) is 25.2. The molecule has 5 rings (SSSR count). The van der Waals surface area contributed by atoms with Crippen molar-refractivity contribution in [3.05, 3.63) is 83.7 Å². The predicted molar refractivity (Wildman–Crippen MR) is 136 cm³/mol. The van der Waals surface area contributed by atoms with Crippen molar-refractivity contribution in [2.75, 3.05) is 25.1 Å². The van der Waals surface area contributed by atoms with Gasteiger partial charge in [-0.15, -0.1) is 0 Å². The number of phenols is 1. The smallest absolute Gasteiger partial charge is 0.416 e. The van der Waals surface area contributed by atoms with Gasteiger partial charge in [-0.2, -0.15) is 0 Å². The van der Waals surface area contributed by atoms with E-state index in [1.807, 2.05) is 6.07 Å². The summed E-state index contributed by atoms with van der Waals surface area (Å²) in [4.78, 5) is 15.9. The molecule has 2 N–H and O–H groups in total. The third-order valence-electron chi connectivity index (χ3n) is 7.73. The van der Waals surface area contributed by atoms with Gasteiger partial charge < -0.3 is 14.9 Å². The van der Waals surface area contributed by atoms with Gasteiger partial charge in [0, 0.05) is 25.2 Å². The minimum atomic E-state index is -1.24. The highest BCUT2D eigenvalue weighted by Gasteiger charge is 2.42. The second kappa shape index (κ2) is 10.2. The Kier molecular flexibility index (Phi) is 6.83. The summed E-state index contributed by atoms with van der Waals surface area (Å²) in [5.41, 5.74) is 2.35. The second-order valence-electron chi connectivity index (χ2n) is 9.86. The zero-order valence-corrected chi connectivity index (χ0v) is 20.3. The number of fused-ring (bicyclic) bond motifs is 2. The summed E-state index contributed by atoms with van der Waals surface area (Å²) in [6.45, 7) is 2.87. The topological polar surface area (TPSA) is 73.2 Å². The molecule has 3 aromatic rings. The van der Waals surface area contributed by atoms with Gasteiger partial charge in [-0.3, -0.25) is 4.90 Å². The first kappa shape index (κ1) is 24.1. The molecule has 6 nitrogen and oxygen atoms in total. The molecule has 2 unspecified atom stereocenters. The van der Waals surface area contributed by atoms with Crippen molar-refractivity contribution in [2.45, 2.75) is 25.8 Å². The van der Waals surface area contributed by atoms with Gasteiger partial charge in [0.1, 0.15) is 5.82 Å². The van der Waals surface area contributed by atoms with E-state index in [-0.39, 0.29) is 11.4 Å². The van der Waals surface area contributed by atoms with Gasteiger partial charge in [-0.1, -0.05) is 36.4 Å². The van der Waals surface area contributed by atoms with E-state index in [1.54, 1.807) is 18.2 Å². The third kappa shape index (κ3) is 4.75. The van der Waals surface area contributed by atoms with Crippen LogP contribution in [0.5, 0.6) is 11.5 Å². The van der Waals surface area contributed by atoms with E-state index in [0.29, 0.717) is 41.2 Å². The molecule has 1 aliphatic carbocycles. The molecule has 1 aliphatic heterocycles. The summed E-state index contributed by atoms with van der Waals surface area (Å²) in [5, 5.41) is 21.2. The highest BCUT2D eigenvalue weighted by atomic mass is 19.1. The van der Waals surface area contributed by atoms with Crippen molar-refractivity contribution in [1.29, 1.82) is 0 Å². The Bertz CT molecular complexity index is 1220. The van der Waals surface area contributed by atoms with Crippen molar-refractivity contribution in [3.8, 4) is 11.5 Å². The quantitative estimate of drug-likeness (QED) is 0.421. The molecule has 3 aromatic carbocycles. The number of benzene rings is 3. The maximum atomic E-state index is 14.0. The van der Waals surface area contributed by atoms with Crippen LogP contribution in [0.15, 0.2) is 66.7 Å². The first-order valence-corrected chi connectivity index (χ1v) is 12.4. The average molecular weight is 491 g/mol. The van der Waals surface area contributed by atoms with E-state index >= 15 is 0 Å². The molecule has 7 heteroatoms. The summed E-state index contributed by atoms with van der Waals surface area (Å²) in [7, 11) is 1.48. The summed E-state index contributed by atoms with van der Waals surface area (Å²) in [6, 6.07) is 19.2. The van der Waals surface area contributed by atoms with E-state index in [9.17, 15) is 19.4 Å². The fraction of sp³-hybridized carbons (Fsp3) is 0.345. The maximum Gasteiger partial charge on any atom is 0.416 e. The second-order valence-corrected chi connectivity index (χ2v) is 9.86. The van der Waals surface area contributed by atoms with Crippen LogP contribution in [-0.4, -0.2) is 41.4 Å². The lowest BCUT2D eigenvalue weighted by Crippen LogP contribution is -2.42. The lowest BCUT2D eigenvalue weighted by atomic mass is 9.80. The van der Waals surface area contributed by atoms with Crippen LogP contribution in [-0.2, 0) is 13.0 Å². The largest absolute Gasteiger partial charge is 0.504 e. The number of piperidine rings is 1. The molecule has 2 fully saturated rings. The monoisotopic (exact) mass is 490 g/mol. The number of amides is 1. The number of anilines is 2. The Morgan fingerprint density at radius 1 is 1.06 bits per heavy atom. The molecule has 2 bridgehead atoms. The Balaban J connectivity index is 1.45. The Morgan fingerprint density at radius 3 is 2.42 bits per heavy atom. The Morgan fingerprint density at radius 2 is 1.78 bits per heavy atom. The number of ether oxygens (including phenoxy) is 1. The fourth-order valence-corrected chi connectivity index (χ4v) is 6.12. The number of methoxy groups -OCH3 is 1. The number of likely N-dealkylation sites (tertiary alicyclic amines) is 1. The molecule has 0 aromatic heterocycles. The van der Waals surface area contributed by atoms with Gasteiger partial charge in [0.2, 0.25) is 0 Å². The molecular weight excluding hydrogens is 459 g/mol. The van der Waals surface area contributed by atoms with Crippen LogP contribution in [0, 0.1) is 23.6 Å². The van der Waals surface area contributed by atoms with E-state index in [2.05, 4.69) is 29.2 Å². The van der Waals surface area contributed by atoms with E-state index in [4.69, 9.17) is 4.74 Å². The number of hydrogen-bond acceptors (Lipinski definition) is 4. The third-order valence-corrected chi connectivity index (χ3v) is 7.73. The van der Waals surface area contributed by atoms with Crippen LogP contribution in [0.1, 0.15) is 24.0 Å². The van der Waals surface area contributed by atoms with Crippen molar-refractivity contribution >= 4 is 17.5 Å². The first-order chi connectivity index (χ1) is 17.4. The highest BCUT2D eigenvalue weighted by molar-refractivity contribution is 5.96. The molecular formula is C29H31FN2O4. The molecule has 36 heavy (non-hydrogen) atoms. The average Bonchev–Trinajstić information content (AvgIpc) is 3.09. The first-order valence-electron chi connectivity index (χ1n) is 12.4. The van der Waals surface area contributed by atoms with Gasteiger partial charge in [0.15, 0.2) is 11.5 Å². The van der Waals surface area contributed by atoms with Crippen molar-refractivity contribution in [3.63, 3.8) is 0 Å². The van der Waals surface area contributed by atoms with Crippen LogP contribution in [0.3, 0.4) is 0 Å². The molecule has 2 atom stereocenters. The van der Waals surface area contributed by atoms with Crippen LogP contribution in [0.25, 0.3) is 0 Å². The molecule has 1 heterocycles. The van der Waals surface area contributed by atoms with Crippen LogP contribution < -0.4 is 9.64 Å². The van der Waals surface area contributed by atoms with Gasteiger partial charge in [-0.05, 0) is 72.9 Å². The van der Waals surface area contributed by atoms with Crippen molar-refractivity contribution < 1.29 is 24.1 Å². The number of rotatable bonds is 7. The highest BCUT2D eigenvalue weighted by Crippen LogP contribution is 2.48. The van der Waals surface area contributed by atoms with Crippen molar-refractivity contribution in [2.24, 2.45) is 17.8 Å². The molecule has 0 spiro atoms. The van der Waals surface area contributed by atoms with Gasteiger partial charge >= 0.3 is 6.09 Å². The fourth-order valence-electron chi connectivity index (χ4n) is 6.12. The number of aromatic hydroxyl groups is 1. The summed E-state index contributed by atoms with van der Waals surface area (Å²) >= 11 is 0. The molecule has 188 valence electrons. The number of hydrogen-bond donors (Lipinski definition) is 2. The molecule has 1 saturated heterocycles. The zero-order valence-electron chi connectivity index (χ0n) is 20.3. The number of carbonyl (C=O) groups is 1. The molecule has 1 saturated carbocycles. The van der Waals surface area contributed by atoms with Gasteiger partial charge in [0.25, 0.3) is 0 Å². The van der Waals surface area contributed by atoms with E-state index in [0.717, 1.165) is 37.4 Å². The number of nitrogens with zero attached hydrogens (tertiary/aromatic N) is 2. The predicted octanol–water partition coefficient (Wildman–Crippen LogP) is 6.06. The summed E-state index contributed by atoms with van der Waals surface area (Å²) in [6.07, 6.45) is 1.53. The number of phenolic OH excluding ortho intramolecular Hbond substituents is 1. The summed E-state index contributed by atoms with van der Waals surface area (Å²) < 4.78 is 19.4. The lowest BCUT2D eigenvalue weighted by Gasteiger charge is -2.39. The number of carboxylic acid groups (broad SMARTS) is 1. The minimum Gasteiger partial charge on any atom is -0.504 e. The molecule has 0 radical (unpaired) electrons.